The zero-order valence-electron chi connectivity index (χ0n) is 11.2. The molecule has 110 valence electrons. The summed E-state index contributed by atoms with van der Waals surface area (Å²) in [4.78, 5) is 10.8. The van der Waals surface area contributed by atoms with Crippen molar-refractivity contribution in [3.8, 4) is 5.75 Å². The summed E-state index contributed by atoms with van der Waals surface area (Å²) in [5.41, 5.74) is 1.04. The first kappa shape index (κ1) is 15.7. The van der Waals surface area contributed by atoms with Crippen LogP contribution in [0.25, 0.3) is 0 Å². The van der Waals surface area contributed by atoms with Crippen molar-refractivity contribution in [2.24, 2.45) is 0 Å². The Morgan fingerprint density at radius 1 is 1.10 bits per heavy atom. The van der Waals surface area contributed by atoms with E-state index in [-0.39, 0.29) is 5.56 Å². The highest BCUT2D eigenvalue weighted by Gasteiger charge is 2.11. The largest absolute Gasteiger partial charge is 0.490 e. The lowest BCUT2D eigenvalue weighted by molar-refractivity contribution is 0.0886. The average Bonchev–Trinajstić information content (AvgIpc) is 2.50. The quantitative estimate of drug-likeness (QED) is 0.558. The molecule has 0 aliphatic rings. The van der Waals surface area contributed by atoms with E-state index < -0.39 is 5.82 Å². The van der Waals surface area contributed by atoms with Crippen molar-refractivity contribution in [1.29, 1.82) is 0 Å². The Morgan fingerprint density at radius 2 is 1.86 bits per heavy atom. The molecule has 0 saturated carbocycles. The van der Waals surface area contributed by atoms with Crippen LogP contribution in [-0.2, 0) is 11.3 Å². The van der Waals surface area contributed by atoms with Crippen LogP contribution >= 0.6 is 15.9 Å². The number of hydrogen-bond acceptors (Lipinski definition) is 3. The minimum absolute atomic E-state index is 0.0438. The molecule has 0 heterocycles. The van der Waals surface area contributed by atoms with Gasteiger partial charge in [0.25, 0.3) is 0 Å². The summed E-state index contributed by atoms with van der Waals surface area (Å²) in [7, 11) is 0. The minimum atomic E-state index is -0.579. The maximum atomic E-state index is 13.3. The Bertz CT molecular complexity index is 602. The SMILES string of the molecule is O=Cc1c(F)ccc(OCCOCc2ccccc2)c1Br. The molecule has 0 bridgehead atoms. The molecule has 0 fully saturated rings. The second kappa shape index (κ2) is 7.90. The molecule has 0 saturated heterocycles. The highest BCUT2D eigenvalue weighted by atomic mass is 79.9. The number of carbonyl (C=O) groups is 1. The fraction of sp³-hybridized carbons (Fsp3) is 0.188. The van der Waals surface area contributed by atoms with Crippen molar-refractivity contribution in [1.82, 2.24) is 0 Å². The molecule has 2 aromatic rings. The Kier molecular flexibility index (Phi) is 5.90. The van der Waals surface area contributed by atoms with Gasteiger partial charge >= 0.3 is 0 Å². The van der Waals surface area contributed by atoms with E-state index >= 15 is 0 Å². The van der Waals surface area contributed by atoms with Crippen molar-refractivity contribution in [3.05, 3.63) is 63.9 Å². The molecule has 0 unspecified atom stereocenters. The first-order valence-electron chi connectivity index (χ1n) is 6.40. The third-order valence-corrected chi connectivity index (χ3v) is 3.62. The first-order valence-corrected chi connectivity index (χ1v) is 7.19. The van der Waals surface area contributed by atoms with Gasteiger partial charge in [0.05, 0.1) is 23.2 Å². The first-order chi connectivity index (χ1) is 10.2. The summed E-state index contributed by atoms with van der Waals surface area (Å²) in [5, 5.41) is 0. The van der Waals surface area contributed by atoms with Crippen molar-refractivity contribution in [2.75, 3.05) is 13.2 Å². The van der Waals surface area contributed by atoms with Gasteiger partial charge in [0.1, 0.15) is 18.2 Å². The number of hydrogen-bond donors (Lipinski definition) is 0. The van der Waals surface area contributed by atoms with Crippen LogP contribution in [0.4, 0.5) is 4.39 Å². The molecule has 0 radical (unpaired) electrons. The molecule has 2 aromatic carbocycles. The van der Waals surface area contributed by atoms with Crippen LogP contribution in [0.1, 0.15) is 15.9 Å². The van der Waals surface area contributed by atoms with Crippen LogP contribution < -0.4 is 4.74 Å². The third kappa shape index (κ3) is 4.37. The molecule has 3 nitrogen and oxygen atoms in total. The second-order valence-electron chi connectivity index (χ2n) is 4.28. The van der Waals surface area contributed by atoms with Crippen molar-refractivity contribution in [2.45, 2.75) is 6.61 Å². The van der Waals surface area contributed by atoms with Crippen molar-refractivity contribution >= 4 is 22.2 Å². The lowest BCUT2D eigenvalue weighted by Gasteiger charge is -2.10. The predicted octanol–water partition coefficient (Wildman–Crippen LogP) is 4.00. The lowest BCUT2D eigenvalue weighted by atomic mass is 10.2. The van der Waals surface area contributed by atoms with Gasteiger partial charge in [-0.3, -0.25) is 4.79 Å². The van der Waals surface area contributed by atoms with Crippen LogP contribution in [0, 0.1) is 5.82 Å². The molecule has 21 heavy (non-hydrogen) atoms. The highest BCUT2D eigenvalue weighted by Crippen LogP contribution is 2.29. The number of aldehydes is 1. The summed E-state index contributed by atoms with van der Waals surface area (Å²) in [6.45, 7) is 1.22. The van der Waals surface area contributed by atoms with Gasteiger partial charge in [-0.25, -0.2) is 4.39 Å². The van der Waals surface area contributed by atoms with Crippen LogP contribution in [0.5, 0.6) is 5.75 Å². The normalized spacial score (nSPS) is 10.4. The number of benzene rings is 2. The van der Waals surface area contributed by atoms with Gasteiger partial charge in [-0.05, 0) is 33.6 Å². The summed E-state index contributed by atoms with van der Waals surface area (Å²) < 4.78 is 24.6. The van der Waals surface area contributed by atoms with Crippen LogP contribution in [0.15, 0.2) is 46.9 Å². The molecule has 5 heteroatoms. The zero-order valence-corrected chi connectivity index (χ0v) is 12.8. The zero-order chi connectivity index (χ0) is 15.1. The third-order valence-electron chi connectivity index (χ3n) is 2.81. The molecule has 0 amide bonds. The fourth-order valence-corrected chi connectivity index (χ4v) is 2.27. The van der Waals surface area contributed by atoms with E-state index in [0.717, 1.165) is 5.56 Å². The maximum absolute atomic E-state index is 13.3. The molecular formula is C16H14BrFO3. The molecule has 0 spiro atoms. The number of ether oxygens (including phenoxy) is 2. The second-order valence-corrected chi connectivity index (χ2v) is 5.07. The highest BCUT2D eigenvalue weighted by molar-refractivity contribution is 9.10. The molecule has 0 N–H and O–H groups in total. The Morgan fingerprint density at radius 3 is 2.57 bits per heavy atom. The molecule has 0 atom stereocenters. The minimum Gasteiger partial charge on any atom is -0.490 e. The molecule has 0 aromatic heterocycles. The standard InChI is InChI=1S/C16H14BrFO3/c17-16-13(10-19)14(18)6-7-15(16)21-9-8-20-11-12-4-2-1-3-5-12/h1-7,10H,8-9,11H2. The summed E-state index contributed by atoms with van der Waals surface area (Å²) in [6, 6.07) is 12.5. The lowest BCUT2D eigenvalue weighted by Crippen LogP contribution is -2.07. The topological polar surface area (TPSA) is 35.5 Å². The van der Waals surface area contributed by atoms with E-state index in [2.05, 4.69) is 15.9 Å². The van der Waals surface area contributed by atoms with E-state index in [0.29, 0.717) is 36.3 Å². The maximum Gasteiger partial charge on any atom is 0.154 e. The van der Waals surface area contributed by atoms with Crippen molar-refractivity contribution in [3.63, 3.8) is 0 Å². The van der Waals surface area contributed by atoms with Gasteiger partial charge in [-0.2, -0.15) is 0 Å². The van der Waals surface area contributed by atoms with Crippen LogP contribution in [-0.4, -0.2) is 19.5 Å². The summed E-state index contributed by atoms with van der Waals surface area (Å²) in [5.74, 6) is -0.161. The van der Waals surface area contributed by atoms with E-state index in [1.807, 2.05) is 30.3 Å². The average molecular weight is 353 g/mol. The predicted molar refractivity (Wildman–Crippen MR) is 81.1 cm³/mol. The van der Waals surface area contributed by atoms with E-state index in [1.165, 1.54) is 12.1 Å². The Hall–Kier alpha value is -1.72. The Labute approximate surface area is 130 Å². The van der Waals surface area contributed by atoms with E-state index in [4.69, 9.17) is 9.47 Å². The smallest absolute Gasteiger partial charge is 0.154 e. The fourth-order valence-electron chi connectivity index (χ4n) is 1.74. The summed E-state index contributed by atoms with van der Waals surface area (Å²) >= 11 is 3.16. The molecule has 0 aliphatic carbocycles. The van der Waals surface area contributed by atoms with Gasteiger partial charge in [0, 0.05) is 0 Å². The van der Waals surface area contributed by atoms with Gasteiger partial charge < -0.3 is 9.47 Å². The van der Waals surface area contributed by atoms with Crippen LogP contribution in [0.2, 0.25) is 0 Å². The molecule has 2 rings (SSSR count). The van der Waals surface area contributed by atoms with Gasteiger partial charge in [-0.15, -0.1) is 0 Å². The van der Waals surface area contributed by atoms with E-state index in [1.54, 1.807) is 0 Å². The number of rotatable bonds is 7. The molecule has 0 aliphatic heterocycles. The summed E-state index contributed by atoms with van der Waals surface area (Å²) in [6.07, 6.45) is 0.457. The Balaban J connectivity index is 1.80. The number of carbonyl (C=O) groups excluding carboxylic acids is 1. The van der Waals surface area contributed by atoms with Gasteiger partial charge in [0.15, 0.2) is 6.29 Å². The van der Waals surface area contributed by atoms with Gasteiger partial charge in [0.2, 0.25) is 0 Å². The van der Waals surface area contributed by atoms with Gasteiger partial charge in [-0.1, -0.05) is 30.3 Å². The molecular weight excluding hydrogens is 339 g/mol. The van der Waals surface area contributed by atoms with E-state index in [9.17, 15) is 9.18 Å². The number of halogens is 2. The van der Waals surface area contributed by atoms with Crippen molar-refractivity contribution < 1.29 is 18.7 Å². The monoisotopic (exact) mass is 352 g/mol. The van der Waals surface area contributed by atoms with Crippen LogP contribution in [0.3, 0.4) is 0 Å².